The Bertz CT molecular complexity index is 594. The average molecular weight is 331 g/mol. The number of likely N-dealkylation sites (N-methyl/N-ethyl adjacent to an activating group) is 1. The second-order valence-electron chi connectivity index (χ2n) is 5.53. The number of amides is 2. The molecule has 1 aromatic carbocycles. The molecule has 128 valence electrons. The molecule has 0 bridgehead atoms. The molecule has 0 saturated carbocycles. The first kappa shape index (κ1) is 19.0. The van der Waals surface area contributed by atoms with Gasteiger partial charge in [0.25, 0.3) is 0 Å². The summed E-state index contributed by atoms with van der Waals surface area (Å²) in [6.45, 7) is 5.09. The maximum atomic E-state index is 13.5. The first-order valence-electron chi connectivity index (χ1n) is 7.07. The summed E-state index contributed by atoms with van der Waals surface area (Å²) in [7, 11) is 1.55. The molecule has 0 spiro atoms. The molecule has 0 aliphatic rings. The highest BCUT2D eigenvalue weighted by Gasteiger charge is 2.22. The zero-order valence-electron chi connectivity index (χ0n) is 13.4. The van der Waals surface area contributed by atoms with Gasteiger partial charge in [-0.05, 0) is 40.0 Å². The second-order valence-corrected chi connectivity index (χ2v) is 5.53. The molecule has 0 unspecified atom stereocenters. The zero-order chi connectivity index (χ0) is 17.7. The Kier molecular flexibility index (Phi) is 6.56. The largest absolute Gasteiger partial charge is 0.353 e. The van der Waals surface area contributed by atoms with E-state index in [1.165, 1.54) is 11.8 Å². The van der Waals surface area contributed by atoms with Gasteiger partial charge in [-0.15, -0.1) is 0 Å². The van der Waals surface area contributed by atoms with Crippen molar-refractivity contribution < 1.29 is 22.8 Å². The molecule has 0 aliphatic heterocycles. The number of anilines is 1. The highest BCUT2D eigenvalue weighted by atomic mass is 19.2. The third kappa shape index (κ3) is 5.24. The summed E-state index contributed by atoms with van der Waals surface area (Å²) in [5.41, 5.74) is -0.458. The fourth-order valence-electron chi connectivity index (χ4n) is 1.79. The fourth-order valence-corrected chi connectivity index (χ4v) is 1.79. The summed E-state index contributed by atoms with van der Waals surface area (Å²) in [4.78, 5) is 25.1. The summed E-state index contributed by atoms with van der Waals surface area (Å²) in [5.74, 6) is -5.36. The molecule has 0 saturated heterocycles. The van der Waals surface area contributed by atoms with Crippen LogP contribution >= 0.6 is 0 Å². The van der Waals surface area contributed by atoms with E-state index in [-0.39, 0.29) is 18.5 Å². The highest BCUT2D eigenvalue weighted by molar-refractivity contribution is 5.95. The van der Waals surface area contributed by atoms with Crippen LogP contribution in [-0.4, -0.2) is 42.4 Å². The standard InChI is InChI=1S/C15H20F3N3O2/c1-8(2)19-12(22)7-21(4)9(3)15(23)20-11-6-5-10(16)13(17)14(11)18/h5-6,8-9H,7H2,1-4H3,(H,19,22)(H,20,23)/t9-/m1/s1. The van der Waals surface area contributed by atoms with Crippen molar-refractivity contribution in [1.82, 2.24) is 10.2 Å². The number of carbonyl (C=O) groups is 2. The van der Waals surface area contributed by atoms with Crippen LogP contribution in [0.1, 0.15) is 20.8 Å². The van der Waals surface area contributed by atoms with E-state index >= 15 is 0 Å². The molecule has 0 radical (unpaired) electrons. The molecular weight excluding hydrogens is 311 g/mol. The van der Waals surface area contributed by atoms with Crippen LogP contribution in [0.4, 0.5) is 18.9 Å². The van der Waals surface area contributed by atoms with E-state index in [2.05, 4.69) is 10.6 Å². The molecule has 1 aromatic rings. The molecule has 1 rings (SSSR count). The van der Waals surface area contributed by atoms with Gasteiger partial charge in [0.15, 0.2) is 17.5 Å². The van der Waals surface area contributed by atoms with Crippen LogP contribution in [-0.2, 0) is 9.59 Å². The lowest BCUT2D eigenvalue weighted by Crippen LogP contribution is -2.46. The minimum Gasteiger partial charge on any atom is -0.353 e. The fraction of sp³-hybridized carbons (Fsp3) is 0.467. The molecule has 1 atom stereocenters. The number of hydrogen-bond acceptors (Lipinski definition) is 3. The van der Waals surface area contributed by atoms with Crippen LogP contribution in [0.5, 0.6) is 0 Å². The van der Waals surface area contributed by atoms with Crippen LogP contribution < -0.4 is 10.6 Å². The topological polar surface area (TPSA) is 61.4 Å². The van der Waals surface area contributed by atoms with Gasteiger partial charge in [0, 0.05) is 6.04 Å². The second kappa shape index (κ2) is 7.96. The highest BCUT2D eigenvalue weighted by Crippen LogP contribution is 2.20. The Labute approximate surface area is 132 Å². The summed E-state index contributed by atoms with van der Waals surface area (Å²) in [6.07, 6.45) is 0. The van der Waals surface area contributed by atoms with Gasteiger partial charge in [-0.25, -0.2) is 13.2 Å². The molecular formula is C15H20F3N3O2. The normalized spacial score (nSPS) is 12.4. The molecule has 0 fully saturated rings. The maximum Gasteiger partial charge on any atom is 0.241 e. The van der Waals surface area contributed by atoms with Gasteiger partial charge >= 0.3 is 0 Å². The molecule has 0 aliphatic carbocycles. The van der Waals surface area contributed by atoms with Crippen molar-refractivity contribution in [3.63, 3.8) is 0 Å². The molecule has 2 N–H and O–H groups in total. The Balaban J connectivity index is 2.70. The third-order valence-corrected chi connectivity index (χ3v) is 3.18. The van der Waals surface area contributed by atoms with Crippen molar-refractivity contribution in [3.8, 4) is 0 Å². The predicted octanol–water partition coefficient (Wildman–Crippen LogP) is 1.89. The van der Waals surface area contributed by atoms with Gasteiger partial charge in [-0.1, -0.05) is 0 Å². The van der Waals surface area contributed by atoms with Crippen molar-refractivity contribution in [3.05, 3.63) is 29.6 Å². The van der Waals surface area contributed by atoms with E-state index in [9.17, 15) is 22.8 Å². The summed E-state index contributed by atoms with van der Waals surface area (Å²) < 4.78 is 39.5. The van der Waals surface area contributed by atoms with Gasteiger partial charge in [0.2, 0.25) is 11.8 Å². The molecule has 5 nitrogen and oxygen atoms in total. The minimum absolute atomic E-state index is 0.0312. The van der Waals surface area contributed by atoms with Gasteiger partial charge < -0.3 is 10.6 Å². The lowest BCUT2D eigenvalue weighted by atomic mass is 10.2. The Morgan fingerprint density at radius 1 is 1.13 bits per heavy atom. The van der Waals surface area contributed by atoms with Crippen LogP contribution in [0.15, 0.2) is 12.1 Å². The van der Waals surface area contributed by atoms with Crippen molar-refractivity contribution >= 4 is 17.5 Å². The van der Waals surface area contributed by atoms with Gasteiger partial charge in [0.05, 0.1) is 18.3 Å². The zero-order valence-corrected chi connectivity index (χ0v) is 13.4. The van der Waals surface area contributed by atoms with Crippen molar-refractivity contribution in [1.29, 1.82) is 0 Å². The van der Waals surface area contributed by atoms with E-state index in [1.54, 1.807) is 20.9 Å². The average Bonchev–Trinajstić information content (AvgIpc) is 2.45. The molecule has 2 amide bonds. The Morgan fingerprint density at radius 3 is 2.30 bits per heavy atom. The monoisotopic (exact) mass is 331 g/mol. The predicted molar refractivity (Wildman–Crippen MR) is 80.3 cm³/mol. The first-order chi connectivity index (χ1) is 10.6. The van der Waals surface area contributed by atoms with Crippen LogP contribution in [0, 0.1) is 17.5 Å². The smallest absolute Gasteiger partial charge is 0.241 e. The Morgan fingerprint density at radius 2 is 1.74 bits per heavy atom. The minimum atomic E-state index is -1.65. The maximum absolute atomic E-state index is 13.5. The number of benzene rings is 1. The lowest BCUT2D eigenvalue weighted by molar-refractivity contribution is -0.125. The number of carbonyl (C=O) groups excluding carboxylic acids is 2. The quantitative estimate of drug-likeness (QED) is 0.783. The summed E-state index contributed by atoms with van der Waals surface area (Å²) >= 11 is 0. The van der Waals surface area contributed by atoms with E-state index in [0.29, 0.717) is 0 Å². The van der Waals surface area contributed by atoms with E-state index in [4.69, 9.17) is 0 Å². The first-order valence-corrected chi connectivity index (χ1v) is 7.07. The third-order valence-electron chi connectivity index (χ3n) is 3.18. The SMILES string of the molecule is CC(C)NC(=O)CN(C)[C@H](C)C(=O)Nc1ccc(F)c(F)c1F. The van der Waals surface area contributed by atoms with E-state index in [1.807, 2.05) is 0 Å². The molecule has 8 heteroatoms. The number of nitrogens with one attached hydrogen (secondary N) is 2. The molecule has 0 aromatic heterocycles. The lowest BCUT2D eigenvalue weighted by Gasteiger charge is -2.24. The van der Waals surface area contributed by atoms with Gasteiger partial charge in [-0.3, -0.25) is 14.5 Å². The number of halogens is 3. The van der Waals surface area contributed by atoms with Gasteiger partial charge in [0.1, 0.15) is 0 Å². The number of nitrogens with zero attached hydrogens (tertiary/aromatic N) is 1. The molecule has 0 heterocycles. The Hall–Kier alpha value is -2.09. The summed E-state index contributed by atoms with van der Waals surface area (Å²) in [5, 5.41) is 4.86. The van der Waals surface area contributed by atoms with Crippen LogP contribution in [0.3, 0.4) is 0 Å². The van der Waals surface area contributed by atoms with Gasteiger partial charge in [-0.2, -0.15) is 0 Å². The van der Waals surface area contributed by atoms with Crippen molar-refractivity contribution in [2.75, 3.05) is 18.9 Å². The van der Waals surface area contributed by atoms with E-state index < -0.39 is 35.1 Å². The van der Waals surface area contributed by atoms with Crippen LogP contribution in [0.25, 0.3) is 0 Å². The number of rotatable bonds is 6. The van der Waals surface area contributed by atoms with Crippen LogP contribution in [0.2, 0.25) is 0 Å². The molecule has 23 heavy (non-hydrogen) atoms. The van der Waals surface area contributed by atoms with Crippen molar-refractivity contribution in [2.45, 2.75) is 32.9 Å². The van der Waals surface area contributed by atoms with Crippen molar-refractivity contribution in [2.24, 2.45) is 0 Å². The number of hydrogen-bond donors (Lipinski definition) is 2. The van der Waals surface area contributed by atoms with E-state index in [0.717, 1.165) is 12.1 Å². The summed E-state index contributed by atoms with van der Waals surface area (Å²) in [6, 6.07) is 0.847.